The molecule has 3 nitrogen and oxygen atoms in total. The van der Waals surface area contributed by atoms with E-state index in [1.165, 1.54) is 103 Å². The molecule has 1 aliphatic heterocycles. The van der Waals surface area contributed by atoms with Crippen molar-refractivity contribution in [3.63, 3.8) is 0 Å². The highest BCUT2D eigenvalue weighted by Crippen LogP contribution is 2.17. The number of hydrogen-bond acceptors (Lipinski definition) is 3. The fourth-order valence-corrected chi connectivity index (χ4v) is 4.46. The van der Waals surface area contributed by atoms with Gasteiger partial charge >= 0.3 is 0 Å². The van der Waals surface area contributed by atoms with Gasteiger partial charge in [0.2, 0.25) is 0 Å². The predicted octanol–water partition coefficient (Wildman–Crippen LogP) is 6.63. The molecule has 0 aromatic heterocycles. The third kappa shape index (κ3) is 12.9. The average molecular weight is 395 g/mol. The van der Waals surface area contributed by atoms with Crippen LogP contribution < -0.4 is 5.73 Å². The molecule has 2 N–H and O–H groups in total. The Labute approximate surface area is 176 Å². The number of nitrogens with zero attached hydrogens (tertiary/aromatic N) is 1. The smallest absolute Gasteiger partial charge is 0.149 e. The van der Waals surface area contributed by atoms with Crippen molar-refractivity contribution in [1.82, 2.24) is 4.90 Å². The SMILES string of the molecule is CCCCCCCCCCCCCCCC(=O)C(N)CCN1CCCCC1C. The van der Waals surface area contributed by atoms with Crippen molar-refractivity contribution in [1.29, 1.82) is 0 Å². The lowest BCUT2D eigenvalue weighted by molar-refractivity contribution is -0.120. The molecule has 0 bridgehead atoms. The monoisotopic (exact) mass is 394 g/mol. The first kappa shape index (κ1) is 25.6. The molecular weight excluding hydrogens is 344 g/mol. The Bertz CT molecular complexity index is 372. The Morgan fingerprint density at radius 1 is 0.893 bits per heavy atom. The summed E-state index contributed by atoms with van der Waals surface area (Å²) in [4.78, 5) is 14.8. The van der Waals surface area contributed by atoms with Crippen LogP contribution >= 0.6 is 0 Å². The summed E-state index contributed by atoms with van der Waals surface area (Å²) in [5.74, 6) is 0.285. The van der Waals surface area contributed by atoms with Crippen LogP contribution in [0.15, 0.2) is 0 Å². The zero-order valence-electron chi connectivity index (χ0n) is 19.2. The topological polar surface area (TPSA) is 46.3 Å². The summed E-state index contributed by atoms with van der Waals surface area (Å²) in [6, 6.07) is 0.420. The molecule has 1 aliphatic rings. The van der Waals surface area contributed by atoms with Crippen LogP contribution in [0.25, 0.3) is 0 Å². The number of likely N-dealkylation sites (tertiary alicyclic amines) is 1. The van der Waals surface area contributed by atoms with Crippen LogP contribution in [0, 0.1) is 0 Å². The Balaban J connectivity index is 1.88. The quantitative estimate of drug-likeness (QED) is 0.265. The fourth-order valence-electron chi connectivity index (χ4n) is 4.46. The minimum absolute atomic E-state index is 0.244. The second kappa shape index (κ2) is 17.4. The Morgan fingerprint density at radius 3 is 1.96 bits per heavy atom. The second-order valence-electron chi connectivity index (χ2n) is 9.23. The van der Waals surface area contributed by atoms with Gasteiger partial charge in [0.05, 0.1) is 6.04 Å². The second-order valence-corrected chi connectivity index (χ2v) is 9.23. The van der Waals surface area contributed by atoms with Crippen molar-refractivity contribution in [2.45, 2.75) is 142 Å². The van der Waals surface area contributed by atoms with Crippen LogP contribution in [0.2, 0.25) is 0 Å². The number of nitrogens with two attached hydrogens (primary N) is 1. The molecule has 28 heavy (non-hydrogen) atoms. The molecule has 1 saturated heterocycles. The van der Waals surface area contributed by atoms with Crippen molar-refractivity contribution < 1.29 is 4.79 Å². The van der Waals surface area contributed by atoms with Gasteiger partial charge in [0, 0.05) is 19.0 Å². The Morgan fingerprint density at radius 2 is 1.43 bits per heavy atom. The molecule has 0 aliphatic carbocycles. The number of carbonyl (C=O) groups excluding carboxylic acids is 1. The highest BCUT2D eigenvalue weighted by atomic mass is 16.1. The van der Waals surface area contributed by atoms with E-state index in [2.05, 4.69) is 18.7 Å². The van der Waals surface area contributed by atoms with Gasteiger partial charge in [-0.2, -0.15) is 0 Å². The maximum absolute atomic E-state index is 12.3. The van der Waals surface area contributed by atoms with Gasteiger partial charge in [-0.05, 0) is 39.2 Å². The molecule has 0 saturated carbocycles. The van der Waals surface area contributed by atoms with E-state index in [1.54, 1.807) is 0 Å². The van der Waals surface area contributed by atoms with Crippen LogP contribution in [-0.4, -0.2) is 35.9 Å². The molecule has 0 radical (unpaired) electrons. The van der Waals surface area contributed by atoms with Gasteiger partial charge in [0.1, 0.15) is 5.78 Å². The van der Waals surface area contributed by atoms with Gasteiger partial charge in [-0.1, -0.05) is 90.4 Å². The number of ketones is 1. The van der Waals surface area contributed by atoms with Crippen LogP contribution in [-0.2, 0) is 4.79 Å². The standard InChI is InChI=1S/C25H50N2O/c1-3-4-5-6-7-8-9-10-11-12-13-14-15-19-25(28)24(26)20-22-27-21-17-16-18-23(27)2/h23-24H,3-22,26H2,1-2H3. The lowest BCUT2D eigenvalue weighted by Crippen LogP contribution is -2.41. The molecule has 0 aromatic rings. The normalized spacial score (nSPS) is 19.0. The van der Waals surface area contributed by atoms with Crippen molar-refractivity contribution in [2.75, 3.05) is 13.1 Å². The van der Waals surface area contributed by atoms with Crippen molar-refractivity contribution >= 4 is 5.78 Å². The maximum Gasteiger partial charge on any atom is 0.149 e. The summed E-state index contributed by atoms with van der Waals surface area (Å²) >= 11 is 0. The van der Waals surface area contributed by atoms with Crippen LogP contribution in [0.4, 0.5) is 0 Å². The average Bonchev–Trinajstić information content (AvgIpc) is 2.70. The number of Topliss-reactive ketones (excluding diaryl/α,β-unsaturated/α-hetero) is 1. The number of rotatable bonds is 18. The van der Waals surface area contributed by atoms with Crippen LogP contribution in [0.5, 0.6) is 0 Å². The van der Waals surface area contributed by atoms with Gasteiger partial charge in [0.25, 0.3) is 0 Å². The van der Waals surface area contributed by atoms with Gasteiger partial charge < -0.3 is 10.6 Å². The van der Waals surface area contributed by atoms with Crippen LogP contribution in [0.3, 0.4) is 0 Å². The lowest BCUT2D eigenvalue weighted by Gasteiger charge is -2.33. The zero-order chi connectivity index (χ0) is 20.5. The number of hydrogen-bond donors (Lipinski definition) is 1. The third-order valence-corrected chi connectivity index (χ3v) is 6.61. The summed E-state index contributed by atoms with van der Waals surface area (Å²) in [5, 5.41) is 0. The van der Waals surface area contributed by atoms with Gasteiger partial charge in [-0.3, -0.25) is 4.79 Å². The first-order valence-electron chi connectivity index (χ1n) is 12.7. The molecule has 0 spiro atoms. The Kier molecular flexibility index (Phi) is 16.0. The molecule has 1 fully saturated rings. The zero-order valence-corrected chi connectivity index (χ0v) is 19.2. The minimum atomic E-state index is -0.244. The summed E-state index contributed by atoms with van der Waals surface area (Å²) < 4.78 is 0. The summed E-state index contributed by atoms with van der Waals surface area (Å²) in [6.45, 7) is 6.76. The molecule has 0 amide bonds. The highest BCUT2D eigenvalue weighted by molar-refractivity contribution is 5.83. The maximum atomic E-state index is 12.3. The predicted molar refractivity (Wildman–Crippen MR) is 123 cm³/mol. The Hall–Kier alpha value is -0.410. The largest absolute Gasteiger partial charge is 0.321 e. The van der Waals surface area contributed by atoms with E-state index in [9.17, 15) is 4.79 Å². The van der Waals surface area contributed by atoms with Crippen molar-refractivity contribution in [3.05, 3.63) is 0 Å². The van der Waals surface area contributed by atoms with Crippen molar-refractivity contribution in [2.24, 2.45) is 5.73 Å². The fraction of sp³-hybridized carbons (Fsp3) is 0.960. The van der Waals surface area contributed by atoms with E-state index in [-0.39, 0.29) is 11.8 Å². The summed E-state index contributed by atoms with van der Waals surface area (Å²) in [7, 11) is 0. The molecule has 0 aromatic carbocycles. The molecular formula is C25H50N2O. The van der Waals surface area contributed by atoms with Gasteiger partial charge in [-0.15, -0.1) is 0 Å². The molecule has 166 valence electrons. The minimum Gasteiger partial charge on any atom is -0.321 e. The highest BCUT2D eigenvalue weighted by Gasteiger charge is 2.20. The number of piperidine rings is 1. The molecule has 3 heteroatoms. The van der Waals surface area contributed by atoms with E-state index in [4.69, 9.17) is 5.73 Å². The summed E-state index contributed by atoms with van der Waals surface area (Å²) in [6.07, 6.45) is 22.9. The third-order valence-electron chi connectivity index (χ3n) is 6.61. The van der Waals surface area contributed by atoms with E-state index in [0.29, 0.717) is 12.5 Å². The van der Waals surface area contributed by atoms with Gasteiger partial charge in [0.15, 0.2) is 0 Å². The first-order valence-corrected chi connectivity index (χ1v) is 12.7. The van der Waals surface area contributed by atoms with Crippen LogP contribution in [0.1, 0.15) is 129 Å². The van der Waals surface area contributed by atoms with E-state index in [0.717, 1.165) is 19.4 Å². The van der Waals surface area contributed by atoms with E-state index >= 15 is 0 Å². The first-order chi connectivity index (χ1) is 13.6. The van der Waals surface area contributed by atoms with Crippen molar-refractivity contribution in [3.8, 4) is 0 Å². The van der Waals surface area contributed by atoms with E-state index in [1.807, 2.05) is 0 Å². The molecule has 1 heterocycles. The number of unbranched alkanes of at least 4 members (excludes halogenated alkanes) is 12. The molecule has 2 unspecified atom stereocenters. The van der Waals surface area contributed by atoms with Gasteiger partial charge in [-0.25, -0.2) is 0 Å². The van der Waals surface area contributed by atoms with E-state index < -0.39 is 0 Å². The molecule has 1 rings (SSSR count). The molecule has 2 atom stereocenters. The summed E-state index contributed by atoms with van der Waals surface area (Å²) in [5.41, 5.74) is 6.15. The number of carbonyl (C=O) groups is 1. The lowest BCUT2D eigenvalue weighted by atomic mass is 10.00.